The zero-order chi connectivity index (χ0) is 16.8. The quantitative estimate of drug-likeness (QED) is 0.761. The van der Waals surface area contributed by atoms with Gasteiger partial charge in [-0.3, -0.25) is 4.79 Å². The Bertz CT molecular complexity index is 689. The molecular formula is C16H22N6OS. The van der Waals surface area contributed by atoms with E-state index in [9.17, 15) is 4.79 Å². The number of nitrogens with zero attached hydrogens (tertiary/aromatic N) is 5. The van der Waals surface area contributed by atoms with Crippen molar-refractivity contribution in [1.29, 1.82) is 0 Å². The fraction of sp³-hybridized carbons (Fsp3) is 0.500. The van der Waals surface area contributed by atoms with Gasteiger partial charge in [-0.2, -0.15) is 0 Å². The molecule has 1 aromatic heterocycles. The minimum absolute atomic E-state index is 0.0722. The number of tetrazole rings is 1. The maximum atomic E-state index is 11.9. The summed E-state index contributed by atoms with van der Waals surface area (Å²) >= 11 is 1.49. The van der Waals surface area contributed by atoms with E-state index in [4.69, 9.17) is 0 Å². The fourth-order valence-electron chi connectivity index (χ4n) is 2.84. The van der Waals surface area contributed by atoms with Crippen LogP contribution in [0.2, 0.25) is 0 Å². The van der Waals surface area contributed by atoms with Crippen LogP contribution in [0.15, 0.2) is 29.4 Å². The number of carbonyl (C=O) groups is 1. The van der Waals surface area contributed by atoms with Crippen molar-refractivity contribution in [1.82, 2.24) is 25.5 Å². The van der Waals surface area contributed by atoms with Gasteiger partial charge in [0.1, 0.15) is 0 Å². The summed E-state index contributed by atoms with van der Waals surface area (Å²) in [5.41, 5.74) is 2.71. The second-order valence-corrected chi connectivity index (χ2v) is 6.81. The highest BCUT2D eigenvalue weighted by atomic mass is 32.2. The molecule has 2 aromatic rings. The molecule has 1 aromatic carbocycles. The third-order valence-corrected chi connectivity index (χ3v) is 5.06. The van der Waals surface area contributed by atoms with Gasteiger partial charge < -0.3 is 10.2 Å². The van der Waals surface area contributed by atoms with Crippen LogP contribution >= 0.6 is 11.8 Å². The number of aromatic nitrogens is 4. The topological polar surface area (TPSA) is 75.9 Å². The predicted molar refractivity (Wildman–Crippen MR) is 94.1 cm³/mol. The van der Waals surface area contributed by atoms with Crippen molar-refractivity contribution in [3.8, 4) is 0 Å². The third kappa shape index (κ3) is 4.25. The van der Waals surface area contributed by atoms with E-state index >= 15 is 0 Å². The summed E-state index contributed by atoms with van der Waals surface area (Å²) in [4.78, 5) is 14.3. The maximum Gasteiger partial charge on any atom is 0.220 e. The highest BCUT2D eigenvalue weighted by molar-refractivity contribution is 7.99. The van der Waals surface area contributed by atoms with Crippen LogP contribution in [0.5, 0.6) is 0 Å². The number of amides is 1. The van der Waals surface area contributed by atoms with Crippen LogP contribution in [0.1, 0.15) is 18.4 Å². The van der Waals surface area contributed by atoms with E-state index in [1.807, 2.05) is 0 Å². The lowest BCUT2D eigenvalue weighted by Crippen LogP contribution is -2.37. The number of rotatable bonds is 7. The Kier molecular flexibility index (Phi) is 5.68. The second-order valence-electron chi connectivity index (χ2n) is 5.75. The number of benzene rings is 1. The lowest BCUT2D eigenvalue weighted by Gasteiger charge is -2.31. The molecule has 0 saturated carbocycles. The molecule has 8 heteroatoms. The number of aryl methyl sites for hydroxylation is 2. The van der Waals surface area contributed by atoms with Crippen LogP contribution in [0.4, 0.5) is 5.69 Å². The molecule has 0 atom stereocenters. The van der Waals surface area contributed by atoms with E-state index in [2.05, 4.69) is 50.0 Å². The van der Waals surface area contributed by atoms with Crippen molar-refractivity contribution < 1.29 is 4.79 Å². The first kappa shape index (κ1) is 16.8. The van der Waals surface area contributed by atoms with Gasteiger partial charge in [0.2, 0.25) is 11.1 Å². The van der Waals surface area contributed by atoms with Crippen molar-refractivity contribution in [2.24, 2.45) is 7.05 Å². The summed E-state index contributed by atoms with van der Waals surface area (Å²) in [7, 11) is 1.79. The van der Waals surface area contributed by atoms with Crippen LogP contribution in [-0.2, 0) is 18.3 Å². The molecule has 2 heterocycles. The molecule has 0 saturated heterocycles. The number of hydrogen-bond donors (Lipinski definition) is 1. The molecule has 1 N–H and O–H groups in total. The average Bonchev–Trinajstić information content (AvgIpc) is 3.00. The van der Waals surface area contributed by atoms with Crippen molar-refractivity contribution >= 4 is 23.4 Å². The molecule has 0 aliphatic carbocycles. The number of anilines is 1. The summed E-state index contributed by atoms with van der Waals surface area (Å²) in [6.45, 7) is 2.58. The van der Waals surface area contributed by atoms with Crippen LogP contribution in [0, 0.1) is 0 Å². The number of nitrogens with one attached hydrogen (secondary N) is 1. The largest absolute Gasteiger partial charge is 0.370 e. The minimum atomic E-state index is 0.0722. The molecule has 0 unspecified atom stereocenters. The van der Waals surface area contributed by atoms with Crippen molar-refractivity contribution in [3.05, 3.63) is 29.8 Å². The molecular weight excluding hydrogens is 324 g/mol. The Morgan fingerprint density at radius 1 is 1.38 bits per heavy atom. The summed E-state index contributed by atoms with van der Waals surface area (Å²) in [5, 5.41) is 15.0. The van der Waals surface area contributed by atoms with E-state index in [-0.39, 0.29) is 5.91 Å². The molecule has 128 valence electrons. The van der Waals surface area contributed by atoms with Crippen LogP contribution in [0.3, 0.4) is 0 Å². The molecule has 0 fully saturated rings. The molecule has 0 bridgehead atoms. The first-order valence-corrected chi connectivity index (χ1v) is 9.17. The number of carbonyl (C=O) groups excluding carboxylic acids is 1. The number of thioether (sulfide) groups is 1. The molecule has 24 heavy (non-hydrogen) atoms. The smallest absolute Gasteiger partial charge is 0.220 e. The molecule has 7 nitrogen and oxygen atoms in total. The molecule has 3 rings (SSSR count). The maximum absolute atomic E-state index is 11.9. The van der Waals surface area contributed by atoms with Gasteiger partial charge in [-0.05, 0) is 34.9 Å². The Morgan fingerprint density at radius 3 is 3.08 bits per heavy atom. The van der Waals surface area contributed by atoms with Crippen molar-refractivity contribution in [2.75, 3.05) is 30.3 Å². The standard InChI is InChI=1S/C16H22N6OS/c1-21-16(18-19-20-21)24-12-8-15(23)17-9-11-22-10-4-6-13-5-2-3-7-14(13)22/h2-3,5,7H,4,6,8-12H2,1H3,(H,17,23). The van der Waals surface area contributed by atoms with Crippen molar-refractivity contribution in [3.63, 3.8) is 0 Å². The van der Waals surface area contributed by atoms with Gasteiger partial charge in [-0.1, -0.05) is 30.0 Å². The number of fused-ring (bicyclic) bond motifs is 1. The molecule has 0 spiro atoms. The molecule has 0 radical (unpaired) electrons. The van der Waals surface area contributed by atoms with E-state index in [0.29, 0.717) is 18.7 Å². The van der Waals surface area contributed by atoms with Gasteiger partial charge in [0.05, 0.1) is 0 Å². The van der Waals surface area contributed by atoms with Gasteiger partial charge in [-0.15, -0.1) is 5.10 Å². The summed E-state index contributed by atoms with van der Waals surface area (Å²) < 4.78 is 1.61. The van der Waals surface area contributed by atoms with Gasteiger partial charge in [0.25, 0.3) is 0 Å². The molecule has 1 aliphatic heterocycles. The second kappa shape index (κ2) is 8.14. The zero-order valence-electron chi connectivity index (χ0n) is 13.8. The first-order valence-electron chi connectivity index (χ1n) is 8.19. The summed E-state index contributed by atoms with van der Waals surface area (Å²) in [6.07, 6.45) is 2.79. The van der Waals surface area contributed by atoms with Crippen LogP contribution in [0.25, 0.3) is 0 Å². The predicted octanol–water partition coefficient (Wildman–Crippen LogP) is 1.26. The average molecular weight is 346 g/mol. The highest BCUT2D eigenvalue weighted by Gasteiger charge is 2.15. The first-order chi connectivity index (χ1) is 11.7. The lowest BCUT2D eigenvalue weighted by molar-refractivity contribution is -0.120. The highest BCUT2D eigenvalue weighted by Crippen LogP contribution is 2.25. The monoisotopic (exact) mass is 346 g/mol. The lowest BCUT2D eigenvalue weighted by atomic mass is 10.0. The Balaban J connectivity index is 1.37. The Morgan fingerprint density at radius 2 is 2.25 bits per heavy atom. The summed E-state index contributed by atoms with van der Waals surface area (Å²) in [5.74, 6) is 0.745. The zero-order valence-corrected chi connectivity index (χ0v) is 14.6. The van der Waals surface area contributed by atoms with Gasteiger partial charge >= 0.3 is 0 Å². The van der Waals surface area contributed by atoms with Crippen molar-refractivity contribution in [2.45, 2.75) is 24.4 Å². The van der Waals surface area contributed by atoms with Gasteiger partial charge in [-0.25, -0.2) is 4.68 Å². The van der Waals surface area contributed by atoms with Crippen LogP contribution < -0.4 is 10.2 Å². The van der Waals surface area contributed by atoms with E-state index in [1.54, 1.807) is 11.7 Å². The van der Waals surface area contributed by atoms with Gasteiger partial charge in [0, 0.05) is 44.5 Å². The minimum Gasteiger partial charge on any atom is -0.370 e. The normalized spacial score (nSPS) is 13.6. The Labute approximate surface area is 145 Å². The third-order valence-electron chi connectivity index (χ3n) is 4.05. The number of para-hydroxylation sites is 1. The van der Waals surface area contributed by atoms with Crippen LogP contribution in [-0.4, -0.2) is 51.5 Å². The molecule has 1 amide bonds. The van der Waals surface area contributed by atoms with Gasteiger partial charge in [0.15, 0.2) is 0 Å². The molecule has 1 aliphatic rings. The SMILES string of the molecule is Cn1nnnc1SCCC(=O)NCCN1CCCc2ccccc21. The number of hydrogen-bond acceptors (Lipinski definition) is 6. The van der Waals surface area contributed by atoms with E-state index in [1.165, 1.54) is 29.4 Å². The fourth-order valence-corrected chi connectivity index (χ4v) is 3.63. The Hall–Kier alpha value is -2.09. The van der Waals surface area contributed by atoms with E-state index in [0.717, 1.165) is 24.7 Å². The van der Waals surface area contributed by atoms with E-state index < -0.39 is 0 Å². The summed E-state index contributed by atoms with van der Waals surface area (Å²) in [6, 6.07) is 8.53.